The van der Waals surface area contributed by atoms with Gasteiger partial charge < -0.3 is 10.8 Å². The fourth-order valence-electron chi connectivity index (χ4n) is 2.09. The molecule has 0 fully saturated rings. The van der Waals surface area contributed by atoms with Crippen LogP contribution in [0, 0.1) is 0 Å². The minimum absolute atomic E-state index is 0.0929. The van der Waals surface area contributed by atoms with Crippen LogP contribution >= 0.6 is 12.2 Å². The number of aliphatic hydroxyl groups excluding tert-OH is 1. The summed E-state index contributed by atoms with van der Waals surface area (Å²) in [5.41, 5.74) is 8.31. The SMILES string of the molecule is CN(CCO)C(C(N)=S)c1ccc(C(C)(C)C)cc1. The van der Waals surface area contributed by atoms with Gasteiger partial charge in [0, 0.05) is 6.54 Å². The van der Waals surface area contributed by atoms with Crippen LogP contribution in [0.5, 0.6) is 0 Å². The second kappa shape index (κ2) is 6.46. The first kappa shape index (κ1) is 16.1. The molecule has 0 radical (unpaired) electrons. The van der Waals surface area contributed by atoms with E-state index in [0.717, 1.165) is 5.56 Å². The van der Waals surface area contributed by atoms with E-state index in [4.69, 9.17) is 23.1 Å². The first-order chi connectivity index (χ1) is 8.77. The molecule has 0 heterocycles. The van der Waals surface area contributed by atoms with Crippen molar-refractivity contribution < 1.29 is 5.11 Å². The predicted molar refractivity (Wildman–Crippen MR) is 84.4 cm³/mol. The Kier molecular flexibility index (Phi) is 5.47. The highest BCUT2D eigenvalue weighted by atomic mass is 32.1. The van der Waals surface area contributed by atoms with Crippen LogP contribution in [0.1, 0.15) is 37.9 Å². The van der Waals surface area contributed by atoms with Gasteiger partial charge in [0.1, 0.15) is 0 Å². The molecule has 19 heavy (non-hydrogen) atoms. The predicted octanol–water partition coefficient (Wildman–Crippen LogP) is 2.24. The van der Waals surface area contributed by atoms with Crippen molar-refractivity contribution in [1.82, 2.24) is 4.90 Å². The molecule has 0 aliphatic heterocycles. The maximum absolute atomic E-state index is 9.04. The van der Waals surface area contributed by atoms with Gasteiger partial charge >= 0.3 is 0 Å². The molecule has 0 aliphatic carbocycles. The Labute approximate surface area is 121 Å². The van der Waals surface area contributed by atoms with Gasteiger partial charge in [-0.3, -0.25) is 4.90 Å². The van der Waals surface area contributed by atoms with Crippen LogP contribution in [-0.4, -0.2) is 35.2 Å². The van der Waals surface area contributed by atoms with Crippen LogP contribution < -0.4 is 5.73 Å². The van der Waals surface area contributed by atoms with E-state index in [9.17, 15) is 0 Å². The molecular weight excluding hydrogens is 256 g/mol. The minimum Gasteiger partial charge on any atom is -0.395 e. The Morgan fingerprint density at radius 2 is 1.84 bits per heavy atom. The molecule has 0 bridgehead atoms. The maximum Gasteiger partial charge on any atom is 0.0948 e. The third-order valence-corrected chi connectivity index (χ3v) is 3.48. The highest BCUT2D eigenvalue weighted by Gasteiger charge is 2.20. The van der Waals surface area contributed by atoms with E-state index >= 15 is 0 Å². The van der Waals surface area contributed by atoms with Gasteiger partial charge in [-0.1, -0.05) is 57.3 Å². The standard InChI is InChI=1S/C15H24N2OS/c1-15(2,3)12-7-5-11(6-8-12)13(14(16)19)17(4)9-10-18/h5-8,13,18H,9-10H2,1-4H3,(H2,16,19). The van der Waals surface area contributed by atoms with Crippen LogP contribution in [0.3, 0.4) is 0 Å². The number of benzene rings is 1. The summed E-state index contributed by atoms with van der Waals surface area (Å²) >= 11 is 5.15. The third kappa shape index (κ3) is 4.27. The Balaban J connectivity index is 3.02. The summed E-state index contributed by atoms with van der Waals surface area (Å²) in [6.07, 6.45) is 0. The molecule has 0 saturated heterocycles. The lowest BCUT2D eigenvalue weighted by Crippen LogP contribution is -2.35. The molecule has 1 rings (SSSR count). The lowest BCUT2D eigenvalue weighted by Gasteiger charge is -2.27. The normalized spacial score (nSPS) is 13.6. The molecule has 0 saturated carbocycles. The van der Waals surface area contributed by atoms with Gasteiger partial charge in [0.25, 0.3) is 0 Å². The van der Waals surface area contributed by atoms with Gasteiger partial charge in [-0.05, 0) is 23.6 Å². The summed E-state index contributed by atoms with van der Waals surface area (Å²) < 4.78 is 0. The monoisotopic (exact) mass is 280 g/mol. The zero-order valence-electron chi connectivity index (χ0n) is 12.2. The van der Waals surface area contributed by atoms with E-state index < -0.39 is 0 Å². The van der Waals surface area contributed by atoms with Gasteiger partial charge in [-0.15, -0.1) is 0 Å². The topological polar surface area (TPSA) is 49.5 Å². The van der Waals surface area contributed by atoms with Crippen LogP contribution in [0.2, 0.25) is 0 Å². The van der Waals surface area contributed by atoms with Crippen molar-refractivity contribution >= 4 is 17.2 Å². The summed E-state index contributed by atoms with van der Waals surface area (Å²) in [5, 5.41) is 9.04. The zero-order valence-corrected chi connectivity index (χ0v) is 13.0. The lowest BCUT2D eigenvalue weighted by atomic mass is 9.86. The first-order valence-electron chi connectivity index (χ1n) is 6.48. The highest BCUT2D eigenvalue weighted by molar-refractivity contribution is 7.80. The van der Waals surface area contributed by atoms with Crippen molar-refractivity contribution in [2.45, 2.75) is 32.2 Å². The van der Waals surface area contributed by atoms with Crippen molar-refractivity contribution in [3.63, 3.8) is 0 Å². The number of aliphatic hydroxyl groups is 1. The van der Waals surface area contributed by atoms with Crippen LogP contribution in [0.25, 0.3) is 0 Å². The smallest absolute Gasteiger partial charge is 0.0948 e. The average Bonchev–Trinajstić information content (AvgIpc) is 2.28. The fourth-order valence-corrected chi connectivity index (χ4v) is 2.40. The summed E-state index contributed by atoms with van der Waals surface area (Å²) in [6.45, 7) is 7.19. The van der Waals surface area contributed by atoms with Crippen LogP contribution in [0.4, 0.5) is 0 Å². The molecule has 0 spiro atoms. The number of likely N-dealkylation sites (N-methyl/N-ethyl adjacent to an activating group) is 1. The summed E-state index contributed by atoms with van der Waals surface area (Å²) in [7, 11) is 1.91. The minimum atomic E-state index is -0.129. The Hall–Kier alpha value is -0.970. The van der Waals surface area contributed by atoms with E-state index in [1.807, 2.05) is 11.9 Å². The van der Waals surface area contributed by atoms with Crippen molar-refractivity contribution in [3.05, 3.63) is 35.4 Å². The zero-order chi connectivity index (χ0) is 14.6. The van der Waals surface area contributed by atoms with Gasteiger partial charge in [0.05, 0.1) is 17.6 Å². The van der Waals surface area contributed by atoms with Crippen molar-refractivity contribution in [3.8, 4) is 0 Å². The maximum atomic E-state index is 9.04. The number of rotatable bonds is 5. The first-order valence-corrected chi connectivity index (χ1v) is 6.89. The number of nitrogens with zero attached hydrogens (tertiary/aromatic N) is 1. The molecule has 1 aromatic rings. The summed E-state index contributed by atoms with van der Waals surface area (Å²) in [5.74, 6) is 0. The van der Waals surface area contributed by atoms with Crippen LogP contribution in [-0.2, 0) is 5.41 Å². The van der Waals surface area contributed by atoms with Crippen molar-refractivity contribution in [2.75, 3.05) is 20.2 Å². The summed E-state index contributed by atoms with van der Waals surface area (Å²) in [4.78, 5) is 2.40. The number of hydrogen-bond donors (Lipinski definition) is 2. The highest BCUT2D eigenvalue weighted by Crippen LogP contribution is 2.25. The summed E-state index contributed by atoms with van der Waals surface area (Å²) in [6, 6.07) is 8.24. The quantitative estimate of drug-likeness (QED) is 0.812. The molecule has 1 aromatic carbocycles. The second-order valence-corrected chi connectivity index (χ2v) is 6.35. The van der Waals surface area contributed by atoms with Crippen molar-refractivity contribution in [2.24, 2.45) is 5.73 Å². The van der Waals surface area contributed by atoms with E-state index in [-0.39, 0.29) is 18.1 Å². The van der Waals surface area contributed by atoms with E-state index in [1.54, 1.807) is 0 Å². The molecule has 3 nitrogen and oxygen atoms in total. The molecule has 1 atom stereocenters. The molecule has 0 aliphatic rings. The Bertz CT molecular complexity index is 423. The molecule has 3 N–H and O–H groups in total. The number of nitrogens with two attached hydrogens (primary N) is 1. The second-order valence-electron chi connectivity index (χ2n) is 5.88. The van der Waals surface area contributed by atoms with E-state index in [1.165, 1.54) is 5.56 Å². The van der Waals surface area contributed by atoms with E-state index in [0.29, 0.717) is 11.5 Å². The third-order valence-electron chi connectivity index (χ3n) is 3.26. The number of hydrogen-bond acceptors (Lipinski definition) is 3. The molecule has 0 aromatic heterocycles. The van der Waals surface area contributed by atoms with E-state index in [2.05, 4.69) is 45.0 Å². The van der Waals surface area contributed by atoms with Crippen molar-refractivity contribution in [1.29, 1.82) is 0 Å². The lowest BCUT2D eigenvalue weighted by molar-refractivity contribution is 0.207. The molecule has 1 unspecified atom stereocenters. The van der Waals surface area contributed by atoms with Gasteiger partial charge in [-0.25, -0.2) is 0 Å². The molecule has 4 heteroatoms. The Morgan fingerprint density at radius 3 is 2.21 bits per heavy atom. The average molecular weight is 280 g/mol. The van der Waals surface area contributed by atoms with Gasteiger partial charge in [-0.2, -0.15) is 0 Å². The molecular formula is C15H24N2OS. The molecule has 0 amide bonds. The molecule has 106 valence electrons. The van der Waals surface area contributed by atoms with Gasteiger partial charge in [0.15, 0.2) is 0 Å². The van der Waals surface area contributed by atoms with Crippen LogP contribution in [0.15, 0.2) is 24.3 Å². The number of thiocarbonyl (C=S) groups is 1. The Morgan fingerprint density at radius 1 is 1.32 bits per heavy atom. The van der Waals surface area contributed by atoms with Gasteiger partial charge in [0.2, 0.25) is 0 Å². The fraction of sp³-hybridized carbons (Fsp3) is 0.533. The largest absolute Gasteiger partial charge is 0.395 e.